The molecule has 0 aliphatic carbocycles. The second-order valence-corrected chi connectivity index (χ2v) is 4.84. The molecule has 0 atom stereocenters. The first-order chi connectivity index (χ1) is 10.1. The van der Waals surface area contributed by atoms with Crippen LogP contribution in [0.2, 0.25) is 0 Å². The molecular weight excluding hydrogens is 286 g/mol. The molecule has 0 radical (unpaired) electrons. The summed E-state index contributed by atoms with van der Waals surface area (Å²) < 4.78 is 16.2. The number of rotatable bonds is 6. The van der Waals surface area contributed by atoms with Crippen molar-refractivity contribution in [3.05, 3.63) is 53.6 Å². The fourth-order valence-electron chi connectivity index (χ4n) is 1.80. The van der Waals surface area contributed by atoms with E-state index in [9.17, 15) is 0 Å². The van der Waals surface area contributed by atoms with Gasteiger partial charge in [-0.05, 0) is 5.56 Å². The van der Waals surface area contributed by atoms with Crippen molar-refractivity contribution < 1.29 is 14.2 Å². The number of hydrogen-bond acceptors (Lipinski definition) is 4. The summed E-state index contributed by atoms with van der Waals surface area (Å²) in [5.41, 5.74) is 7.43. The summed E-state index contributed by atoms with van der Waals surface area (Å²) in [7, 11) is 3.21. The number of benzene rings is 2. The van der Waals surface area contributed by atoms with Crippen LogP contribution < -0.4 is 19.9 Å². The van der Waals surface area contributed by atoms with Crippen LogP contribution in [0.3, 0.4) is 0 Å². The van der Waals surface area contributed by atoms with Crippen LogP contribution in [-0.4, -0.2) is 19.2 Å². The molecule has 0 unspecified atom stereocenters. The molecule has 0 aromatic heterocycles. The molecule has 2 aromatic rings. The Morgan fingerprint density at radius 3 is 1.95 bits per heavy atom. The summed E-state index contributed by atoms with van der Waals surface area (Å²) in [5.74, 6) is 2.06. The van der Waals surface area contributed by atoms with E-state index in [-0.39, 0.29) is 0 Å². The maximum absolute atomic E-state index is 5.75. The van der Waals surface area contributed by atoms with Crippen LogP contribution in [0.1, 0.15) is 11.1 Å². The summed E-state index contributed by atoms with van der Waals surface area (Å²) in [5, 5.41) is 0. The standard InChI is InChI=1S/C16H17NO3S/c1-18-13-7-14(19-2)9-15(8-13)20-10-11-3-5-12(6-4-11)16(17)21/h3-9H,10H2,1-2H3,(H2,17,21). The predicted molar refractivity (Wildman–Crippen MR) is 86.2 cm³/mol. The Labute approximate surface area is 129 Å². The Hall–Kier alpha value is -2.27. The molecule has 21 heavy (non-hydrogen) atoms. The van der Waals surface area contributed by atoms with Crippen molar-refractivity contribution in [2.75, 3.05) is 14.2 Å². The lowest BCUT2D eigenvalue weighted by atomic mass is 10.1. The highest BCUT2D eigenvalue weighted by Crippen LogP contribution is 2.27. The topological polar surface area (TPSA) is 53.7 Å². The molecule has 0 aliphatic rings. The zero-order chi connectivity index (χ0) is 15.2. The molecule has 2 N–H and O–H groups in total. The van der Waals surface area contributed by atoms with Gasteiger partial charge in [-0.1, -0.05) is 36.5 Å². The molecule has 0 heterocycles. The summed E-state index contributed by atoms with van der Waals surface area (Å²) in [6.45, 7) is 0.438. The van der Waals surface area contributed by atoms with E-state index in [0.29, 0.717) is 28.8 Å². The quantitative estimate of drug-likeness (QED) is 0.832. The second-order valence-electron chi connectivity index (χ2n) is 4.40. The zero-order valence-corrected chi connectivity index (χ0v) is 12.8. The molecule has 0 amide bonds. The Bertz CT molecular complexity index is 604. The van der Waals surface area contributed by atoms with E-state index in [0.717, 1.165) is 11.1 Å². The number of hydrogen-bond donors (Lipinski definition) is 1. The smallest absolute Gasteiger partial charge is 0.127 e. The van der Waals surface area contributed by atoms with Gasteiger partial charge in [0.25, 0.3) is 0 Å². The first kappa shape index (κ1) is 15.1. The van der Waals surface area contributed by atoms with Gasteiger partial charge < -0.3 is 19.9 Å². The monoisotopic (exact) mass is 303 g/mol. The molecule has 0 fully saturated rings. The van der Waals surface area contributed by atoms with Crippen molar-refractivity contribution in [2.45, 2.75) is 6.61 Å². The average molecular weight is 303 g/mol. The maximum atomic E-state index is 5.75. The van der Waals surface area contributed by atoms with Crippen LogP contribution in [0.4, 0.5) is 0 Å². The predicted octanol–water partition coefficient (Wildman–Crippen LogP) is 2.92. The highest BCUT2D eigenvalue weighted by molar-refractivity contribution is 7.80. The van der Waals surface area contributed by atoms with Crippen LogP contribution in [0.5, 0.6) is 17.2 Å². The molecule has 0 bridgehead atoms. The third kappa shape index (κ3) is 4.10. The molecule has 110 valence electrons. The third-order valence-corrected chi connectivity index (χ3v) is 3.20. The van der Waals surface area contributed by atoms with Gasteiger partial charge in [-0.2, -0.15) is 0 Å². The van der Waals surface area contributed by atoms with Gasteiger partial charge in [-0.25, -0.2) is 0 Å². The molecule has 0 saturated carbocycles. The van der Waals surface area contributed by atoms with E-state index in [2.05, 4.69) is 0 Å². The Morgan fingerprint density at radius 1 is 0.952 bits per heavy atom. The van der Waals surface area contributed by atoms with Crippen molar-refractivity contribution >= 4 is 17.2 Å². The lowest BCUT2D eigenvalue weighted by Crippen LogP contribution is -2.09. The summed E-state index contributed by atoms with van der Waals surface area (Å²) in [6.07, 6.45) is 0. The molecule has 4 nitrogen and oxygen atoms in total. The van der Waals surface area contributed by atoms with Gasteiger partial charge in [-0.15, -0.1) is 0 Å². The van der Waals surface area contributed by atoms with Crippen LogP contribution in [0.25, 0.3) is 0 Å². The number of ether oxygens (including phenoxy) is 3. The number of nitrogens with two attached hydrogens (primary N) is 1. The highest BCUT2D eigenvalue weighted by Gasteiger charge is 2.04. The van der Waals surface area contributed by atoms with Gasteiger partial charge in [0.05, 0.1) is 14.2 Å². The van der Waals surface area contributed by atoms with Crippen molar-refractivity contribution in [1.29, 1.82) is 0 Å². The number of methoxy groups -OCH3 is 2. The largest absolute Gasteiger partial charge is 0.496 e. The van der Waals surface area contributed by atoms with Crippen LogP contribution in [0, 0.1) is 0 Å². The van der Waals surface area contributed by atoms with Crippen LogP contribution >= 0.6 is 12.2 Å². The lowest BCUT2D eigenvalue weighted by Gasteiger charge is -2.10. The maximum Gasteiger partial charge on any atom is 0.127 e. The van der Waals surface area contributed by atoms with E-state index in [4.69, 9.17) is 32.2 Å². The van der Waals surface area contributed by atoms with E-state index >= 15 is 0 Å². The molecule has 2 aromatic carbocycles. The van der Waals surface area contributed by atoms with E-state index in [1.165, 1.54) is 0 Å². The van der Waals surface area contributed by atoms with Crippen LogP contribution in [-0.2, 0) is 6.61 Å². The van der Waals surface area contributed by atoms with E-state index in [1.807, 2.05) is 36.4 Å². The summed E-state index contributed by atoms with van der Waals surface area (Å²) in [4.78, 5) is 0.389. The Balaban J connectivity index is 2.06. The van der Waals surface area contributed by atoms with Crippen molar-refractivity contribution in [1.82, 2.24) is 0 Å². The minimum Gasteiger partial charge on any atom is -0.496 e. The summed E-state index contributed by atoms with van der Waals surface area (Å²) in [6, 6.07) is 13.1. The first-order valence-electron chi connectivity index (χ1n) is 6.37. The van der Waals surface area contributed by atoms with Gasteiger partial charge in [0.2, 0.25) is 0 Å². The van der Waals surface area contributed by atoms with Gasteiger partial charge in [0.1, 0.15) is 28.8 Å². The fourth-order valence-corrected chi connectivity index (χ4v) is 1.93. The molecular formula is C16H17NO3S. The molecule has 5 heteroatoms. The minimum absolute atomic E-state index is 0.389. The van der Waals surface area contributed by atoms with Gasteiger partial charge in [0.15, 0.2) is 0 Å². The molecule has 0 aliphatic heterocycles. The third-order valence-electron chi connectivity index (χ3n) is 2.97. The van der Waals surface area contributed by atoms with E-state index in [1.54, 1.807) is 20.3 Å². The fraction of sp³-hybridized carbons (Fsp3) is 0.188. The lowest BCUT2D eigenvalue weighted by molar-refractivity contribution is 0.300. The second kappa shape index (κ2) is 6.95. The van der Waals surface area contributed by atoms with E-state index < -0.39 is 0 Å². The van der Waals surface area contributed by atoms with Gasteiger partial charge in [-0.3, -0.25) is 0 Å². The minimum atomic E-state index is 0.389. The Kier molecular flexibility index (Phi) is 5.00. The van der Waals surface area contributed by atoms with Crippen molar-refractivity contribution in [3.63, 3.8) is 0 Å². The van der Waals surface area contributed by atoms with Gasteiger partial charge >= 0.3 is 0 Å². The molecule has 0 spiro atoms. The highest BCUT2D eigenvalue weighted by atomic mass is 32.1. The first-order valence-corrected chi connectivity index (χ1v) is 6.78. The van der Waals surface area contributed by atoms with Crippen molar-refractivity contribution in [3.8, 4) is 17.2 Å². The normalized spacial score (nSPS) is 10.0. The molecule has 2 rings (SSSR count). The number of thiocarbonyl (C=S) groups is 1. The van der Waals surface area contributed by atoms with Crippen molar-refractivity contribution in [2.24, 2.45) is 5.73 Å². The van der Waals surface area contributed by atoms with Gasteiger partial charge in [0, 0.05) is 23.8 Å². The molecule has 0 saturated heterocycles. The zero-order valence-electron chi connectivity index (χ0n) is 12.0. The summed E-state index contributed by atoms with van der Waals surface area (Å²) >= 11 is 4.92. The Morgan fingerprint density at radius 2 is 1.48 bits per heavy atom. The SMILES string of the molecule is COc1cc(OC)cc(OCc2ccc(C(N)=S)cc2)c1. The average Bonchev–Trinajstić information content (AvgIpc) is 2.52. The van der Waals surface area contributed by atoms with Crippen LogP contribution in [0.15, 0.2) is 42.5 Å².